The molecule has 0 aliphatic heterocycles. The van der Waals surface area contributed by atoms with Gasteiger partial charge in [0.1, 0.15) is 12.1 Å². The maximum absolute atomic E-state index is 12.3. The Morgan fingerprint density at radius 3 is 2.00 bits per heavy atom. The fraction of sp³-hybridized carbons (Fsp3) is 0.643. The Morgan fingerprint density at radius 2 is 1.46 bits per heavy atom. The zero-order valence-corrected chi connectivity index (χ0v) is 23.0. The number of hydrogen-bond donors (Lipinski definition) is 2. The smallest absolute Gasteiger partial charge is 0.321 e. The quantitative estimate of drug-likeness (QED) is 0.170. The third-order valence-electron chi connectivity index (χ3n) is 5.31. The van der Waals surface area contributed by atoms with E-state index >= 15 is 0 Å². The molecule has 0 aliphatic rings. The summed E-state index contributed by atoms with van der Waals surface area (Å²) >= 11 is 0. The fourth-order valence-electron chi connectivity index (χ4n) is 3.47. The van der Waals surface area contributed by atoms with E-state index in [0.29, 0.717) is 12.0 Å². The molecule has 0 amide bonds. The Labute approximate surface area is 220 Å². The van der Waals surface area contributed by atoms with E-state index in [-0.39, 0.29) is 55.1 Å². The third kappa shape index (κ3) is 13.8. The number of rotatable bonds is 17. The monoisotopic (exact) mass is 521 g/mol. The van der Waals surface area contributed by atoms with Gasteiger partial charge in [0.15, 0.2) is 11.5 Å². The zero-order valence-electron chi connectivity index (χ0n) is 23.0. The van der Waals surface area contributed by atoms with Crippen molar-refractivity contribution in [1.82, 2.24) is 5.32 Å². The summed E-state index contributed by atoms with van der Waals surface area (Å²) in [6.45, 7) is 11.5. The van der Waals surface area contributed by atoms with Crippen LogP contribution in [0.25, 0.3) is 0 Å². The van der Waals surface area contributed by atoms with Crippen molar-refractivity contribution in [2.75, 3.05) is 6.54 Å². The molecular formula is C28H43NO8. The number of hydrogen-bond acceptors (Lipinski definition) is 8. The van der Waals surface area contributed by atoms with Crippen molar-refractivity contribution in [2.45, 2.75) is 98.6 Å². The van der Waals surface area contributed by atoms with Crippen molar-refractivity contribution in [2.24, 2.45) is 11.8 Å². The highest BCUT2D eigenvalue weighted by Crippen LogP contribution is 2.30. The maximum Gasteiger partial charge on any atom is 0.321 e. The predicted octanol–water partition coefficient (Wildman–Crippen LogP) is 4.69. The second-order valence-electron chi connectivity index (χ2n) is 10.2. The molecule has 1 unspecified atom stereocenters. The third-order valence-corrected chi connectivity index (χ3v) is 5.31. The summed E-state index contributed by atoms with van der Waals surface area (Å²) in [5, 5.41) is 12.6. The molecule has 0 fully saturated rings. The molecule has 0 saturated heterocycles. The molecule has 0 bridgehead atoms. The van der Waals surface area contributed by atoms with E-state index in [2.05, 4.69) is 12.2 Å². The summed E-state index contributed by atoms with van der Waals surface area (Å²) in [6, 6.07) is 3.68. The number of carboxylic acid groups (broad SMARTS) is 1. The molecule has 0 spiro atoms. The van der Waals surface area contributed by atoms with Gasteiger partial charge < -0.3 is 24.6 Å². The standard InChI is InChI=1S/C28H43NO8/c1-7-8-9-10-25(30)35-20(6)17-29-22(28(33)34)15-21-11-12-23(36-26(31)13-18(2)3)24(16-21)37-27(32)14-19(4)5/h11-12,16,18-20,22,29H,7-10,13-15,17H2,1-6H3,(H,33,34)/t20?,22-/m0/s1. The van der Waals surface area contributed by atoms with Gasteiger partial charge in [-0.3, -0.25) is 19.2 Å². The van der Waals surface area contributed by atoms with Gasteiger partial charge in [0.2, 0.25) is 0 Å². The van der Waals surface area contributed by atoms with Gasteiger partial charge in [-0.1, -0.05) is 53.5 Å². The van der Waals surface area contributed by atoms with Crippen molar-refractivity contribution in [3.8, 4) is 11.5 Å². The second-order valence-corrected chi connectivity index (χ2v) is 10.2. The topological polar surface area (TPSA) is 128 Å². The van der Waals surface area contributed by atoms with Crippen LogP contribution in [0.15, 0.2) is 18.2 Å². The van der Waals surface area contributed by atoms with Crippen LogP contribution in [0.5, 0.6) is 11.5 Å². The average molecular weight is 522 g/mol. The summed E-state index contributed by atoms with van der Waals surface area (Å²) in [5.74, 6) is -1.96. The predicted molar refractivity (Wildman–Crippen MR) is 139 cm³/mol. The van der Waals surface area contributed by atoms with E-state index in [1.54, 1.807) is 13.0 Å². The molecule has 37 heavy (non-hydrogen) atoms. The Balaban J connectivity index is 2.92. The van der Waals surface area contributed by atoms with Crippen LogP contribution >= 0.6 is 0 Å². The number of carboxylic acids is 1. The van der Waals surface area contributed by atoms with E-state index in [0.717, 1.165) is 19.3 Å². The van der Waals surface area contributed by atoms with Crippen LogP contribution in [-0.2, 0) is 30.3 Å². The lowest BCUT2D eigenvalue weighted by Gasteiger charge is -2.19. The first-order chi connectivity index (χ1) is 17.4. The van der Waals surface area contributed by atoms with Gasteiger partial charge in [-0.2, -0.15) is 0 Å². The van der Waals surface area contributed by atoms with E-state index in [1.807, 2.05) is 27.7 Å². The highest BCUT2D eigenvalue weighted by molar-refractivity contribution is 5.77. The van der Waals surface area contributed by atoms with Gasteiger partial charge >= 0.3 is 23.9 Å². The minimum Gasteiger partial charge on any atom is -0.480 e. The molecular weight excluding hydrogens is 478 g/mol. The molecule has 9 nitrogen and oxygen atoms in total. The van der Waals surface area contributed by atoms with Crippen molar-refractivity contribution in [1.29, 1.82) is 0 Å². The molecule has 0 radical (unpaired) electrons. The lowest BCUT2D eigenvalue weighted by Crippen LogP contribution is -2.42. The number of esters is 3. The maximum atomic E-state index is 12.3. The minimum absolute atomic E-state index is 0.0683. The Kier molecular flexibility index (Phi) is 14.5. The summed E-state index contributed by atoms with van der Waals surface area (Å²) in [4.78, 5) is 48.3. The Morgan fingerprint density at radius 1 is 0.865 bits per heavy atom. The molecule has 208 valence electrons. The van der Waals surface area contributed by atoms with Crippen LogP contribution in [-0.4, -0.2) is 47.7 Å². The van der Waals surface area contributed by atoms with E-state index < -0.39 is 30.1 Å². The first-order valence-corrected chi connectivity index (χ1v) is 13.1. The minimum atomic E-state index is -1.08. The van der Waals surface area contributed by atoms with Crippen LogP contribution in [0.1, 0.15) is 85.6 Å². The largest absolute Gasteiger partial charge is 0.480 e. The number of unbranched alkanes of at least 4 members (excludes halogenated alkanes) is 2. The molecule has 1 aromatic carbocycles. The van der Waals surface area contributed by atoms with Gasteiger partial charge in [-0.15, -0.1) is 0 Å². The second kappa shape index (κ2) is 16.7. The number of benzene rings is 1. The van der Waals surface area contributed by atoms with Crippen LogP contribution in [0.2, 0.25) is 0 Å². The molecule has 1 rings (SSSR count). The molecule has 0 aliphatic carbocycles. The summed E-state index contributed by atoms with van der Waals surface area (Å²) < 4.78 is 16.3. The van der Waals surface area contributed by atoms with Gasteiger partial charge in [0.05, 0.1) is 0 Å². The van der Waals surface area contributed by atoms with Gasteiger partial charge in [0.25, 0.3) is 0 Å². The number of carbonyl (C=O) groups is 4. The van der Waals surface area contributed by atoms with Crippen molar-refractivity contribution in [3.05, 3.63) is 23.8 Å². The Bertz CT molecular complexity index is 896. The highest BCUT2D eigenvalue weighted by atomic mass is 16.6. The molecule has 9 heteroatoms. The molecule has 1 aromatic rings. The van der Waals surface area contributed by atoms with Crippen LogP contribution in [0, 0.1) is 11.8 Å². The van der Waals surface area contributed by atoms with Gasteiger partial charge in [-0.25, -0.2) is 0 Å². The Hall–Kier alpha value is -2.94. The number of ether oxygens (including phenoxy) is 3. The van der Waals surface area contributed by atoms with Crippen LogP contribution < -0.4 is 14.8 Å². The number of carbonyl (C=O) groups excluding carboxylic acids is 3. The molecule has 0 heterocycles. The summed E-state index contributed by atoms with van der Waals surface area (Å²) in [7, 11) is 0. The number of nitrogens with one attached hydrogen (secondary N) is 1. The first kappa shape index (κ1) is 32.1. The van der Waals surface area contributed by atoms with Crippen molar-refractivity contribution >= 4 is 23.9 Å². The van der Waals surface area contributed by atoms with Crippen LogP contribution in [0.4, 0.5) is 0 Å². The molecule has 0 aromatic heterocycles. The number of aliphatic carboxylic acids is 1. The molecule has 2 atom stereocenters. The lowest BCUT2D eigenvalue weighted by molar-refractivity contribution is -0.148. The van der Waals surface area contributed by atoms with Crippen molar-refractivity contribution in [3.63, 3.8) is 0 Å². The normalized spacial score (nSPS) is 12.8. The highest BCUT2D eigenvalue weighted by Gasteiger charge is 2.22. The zero-order chi connectivity index (χ0) is 28.0. The van der Waals surface area contributed by atoms with Crippen molar-refractivity contribution < 1.29 is 38.5 Å². The molecule has 0 saturated carbocycles. The fourth-order valence-corrected chi connectivity index (χ4v) is 3.47. The lowest BCUT2D eigenvalue weighted by atomic mass is 10.0. The SMILES string of the molecule is CCCCCC(=O)OC(C)CN[C@@H](Cc1ccc(OC(=O)CC(C)C)c(OC(=O)CC(C)C)c1)C(=O)O. The van der Waals surface area contributed by atoms with Gasteiger partial charge in [-0.05, 0) is 49.3 Å². The summed E-state index contributed by atoms with van der Waals surface area (Å²) in [6.07, 6.45) is 3.02. The van der Waals surface area contributed by atoms with E-state index in [9.17, 15) is 24.3 Å². The van der Waals surface area contributed by atoms with E-state index in [1.165, 1.54) is 12.1 Å². The van der Waals surface area contributed by atoms with Gasteiger partial charge in [0, 0.05) is 25.8 Å². The summed E-state index contributed by atoms with van der Waals surface area (Å²) in [5.41, 5.74) is 0.570. The van der Waals surface area contributed by atoms with Crippen LogP contribution in [0.3, 0.4) is 0 Å². The van der Waals surface area contributed by atoms with E-state index in [4.69, 9.17) is 14.2 Å². The molecule has 2 N–H and O–H groups in total. The first-order valence-electron chi connectivity index (χ1n) is 13.1. The average Bonchev–Trinajstić information content (AvgIpc) is 2.77.